The summed E-state index contributed by atoms with van der Waals surface area (Å²) in [7, 11) is 3.14. The van der Waals surface area contributed by atoms with Gasteiger partial charge in [-0.25, -0.2) is 4.79 Å². The number of aliphatic carboxylic acids is 1. The molecule has 1 aromatic rings. The monoisotopic (exact) mass is 234 g/mol. The van der Waals surface area contributed by atoms with Gasteiger partial charge in [0, 0.05) is 19.8 Å². The zero-order valence-electron chi connectivity index (χ0n) is 9.75. The van der Waals surface area contributed by atoms with Gasteiger partial charge in [0.2, 0.25) is 0 Å². The van der Waals surface area contributed by atoms with Crippen molar-refractivity contribution >= 4 is 11.7 Å². The van der Waals surface area contributed by atoms with E-state index < -0.39 is 12.0 Å². The summed E-state index contributed by atoms with van der Waals surface area (Å²) in [5.41, 5.74) is 1.27. The fourth-order valence-corrected chi connectivity index (χ4v) is 1.46. The van der Waals surface area contributed by atoms with Gasteiger partial charge in [-0.05, 0) is 24.3 Å². The van der Waals surface area contributed by atoms with Crippen LogP contribution in [0.5, 0.6) is 0 Å². The van der Waals surface area contributed by atoms with Crippen molar-refractivity contribution in [1.29, 1.82) is 5.26 Å². The lowest BCUT2D eigenvalue weighted by Crippen LogP contribution is -2.41. The summed E-state index contributed by atoms with van der Waals surface area (Å²) in [6, 6.07) is 7.99. The van der Waals surface area contributed by atoms with Crippen LogP contribution in [0.25, 0.3) is 0 Å². The zero-order valence-corrected chi connectivity index (χ0v) is 9.75. The number of ether oxygens (including phenoxy) is 1. The normalized spacial score (nSPS) is 11.6. The zero-order chi connectivity index (χ0) is 12.8. The van der Waals surface area contributed by atoms with Crippen LogP contribution < -0.4 is 4.90 Å². The largest absolute Gasteiger partial charge is 0.480 e. The molecule has 17 heavy (non-hydrogen) atoms. The summed E-state index contributed by atoms with van der Waals surface area (Å²) in [6.45, 7) is 0.103. The molecular weight excluding hydrogens is 220 g/mol. The fraction of sp³-hybridized carbons (Fsp3) is 0.333. The second kappa shape index (κ2) is 5.87. The Kier molecular flexibility index (Phi) is 4.49. The van der Waals surface area contributed by atoms with Crippen LogP contribution in [0.4, 0.5) is 5.69 Å². The van der Waals surface area contributed by atoms with E-state index in [0.717, 1.165) is 5.69 Å². The van der Waals surface area contributed by atoms with Crippen molar-refractivity contribution in [3.8, 4) is 6.07 Å². The van der Waals surface area contributed by atoms with E-state index >= 15 is 0 Å². The summed E-state index contributed by atoms with van der Waals surface area (Å²) in [6.07, 6.45) is 0. The summed E-state index contributed by atoms with van der Waals surface area (Å²) < 4.78 is 4.88. The number of hydrogen-bond donors (Lipinski definition) is 1. The number of nitriles is 1. The third kappa shape index (κ3) is 3.20. The number of carbonyl (C=O) groups is 1. The van der Waals surface area contributed by atoms with Crippen LogP contribution in [-0.4, -0.2) is 37.9 Å². The van der Waals surface area contributed by atoms with Crippen LogP contribution in [0.1, 0.15) is 5.56 Å². The van der Waals surface area contributed by atoms with Crippen molar-refractivity contribution in [2.75, 3.05) is 25.7 Å². The highest BCUT2D eigenvalue weighted by molar-refractivity contribution is 5.78. The van der Waals surface area contributed by atoms with Gasteiger partial charge < -0.3 is 14.7 Å². The highest BCUT2D eigenvalue weighted by Crippen LogP contribution is 2.16. The molecule has 0 heterocycles. The van der Waals surface area contributed by atoms with Gasteiger partial charge in [-0.2, -0.15) is 5.26 Å². The Morgan fingerprint density at radius 3 is 2.53 bits per heavy atom. The van der Waals surface area contributed by atoms with Crippen molar-refractivity contribution < 1.29 is 14.6 Å². The molecule has 0 bridgehead atoms. The molecule has 1 rings (SSSR count). The minimum absolute atomic E-state index is 0.103. The number of carboxylic acids is 1. The van der Waals surface area contributed by atoms with E-state index in [4.69, 9.17) is 15.1 Å². The molecule has 0 aliphatic carbocycles. The highest BCUT2D eigenvalue weighted by atomic mass is 16.5. The standard InChI is InChI=1S/C12H14N2O3/c1-14(11(8-17-2)12(15)16)10-5-3-9(7-13)4-6-10/h3-6,11H,8H2,1-2H3,(H,15,16). The molecule has 1 aromatic carbocycles. The Morgan fingerprint density at radius 2 is 2.12 bits per heavy atom. The smallest absolute Gasteiger partial charge is 0.328 e. The molecule has 0 saturated carbocycles. The van der Waals surface area contributed by atoms with Crippen molar-refractivity contribution in [1.82, 2.24) is 0 Å². The second-order valence-corrected chi connectivity index (χ2v) is 3.58. The Labute approximate surface area is 99.8 Å². The van der Waals surface area contributed by atoms with Crippen LogP contribution in [0, 0.1) is 11.3 Å². The molecule has 5 heteroatoms. The predicted octanol–water partition coefficient (Wildman–Crippen LogP) is 1.09. The van der Waals surface area contributed by atoms with Crippen LogP contribution in [0.15, 0.2) is 24.3 Å². The maximum atomic E-state index is 11.1. The molecule has 0 amide bonds. The number of rotatable bonds is 5. The third-order valence-electron chi connectivity index (χ3n) is 2.48. The molecule has 0 radical (unpaired) electrons. The number of likely N-dealkylation sites (N-methyl/N-ethyl adjacent to an activating group) is 1. The van der Waals surface area contributed by atoms with Gasteiger partial charge >= 0.3 is 5.97 Å². The number of hydrogen-bond acceptors (Lipinski definition) is 4. The molecule has 0 aliphatic rings. The van der Waals surface area contributed by atoms with Crippen LogP contribution in [0.3, 0.4) is 0 Å². The lowest BCUT2D eigenvalue weighted by molar-refractivity contribution is -0.139. The Morgan fingerprint density at radius 1 is 1.53 bits per heavy atom. The minimum atomic E-state index is -0.946. The van der Waals surface area contributed by atoms with Crippen LogP contribution in [-0.2, 0) is 9.53 Å². The Balaban J connectivity index is 2.89. The van der Waals surface area contributed by atoms with Crippen molar-refractivity contribution in [3.05, 3.63) is 29.8 Å². The van der Waals surface area contributed by atoms with E-state index in [1.54, 1.807) is 36.2 Å². The van der Waals surface area contributed by atoms with Gasteiger partial charge in [-0.3, -0.25) is 0 Å². The molecule has 1 N–H and O–H groups in total. The van der Waals surface area contributed by atoms with Crippen molar-refractivity contribution in [2.45, 2.75) is 6.04 Å². The number of methoxy groups -OCH3 is 1. The van der Waals surface area contributed by atoms with Gasteiger partial charge in [-0.15, -0.1) is 0 Å². The first kappa shape index (κ1) is 13.0. The maximum absolute atomic E-state index is 11.1. The topological polar surface area (TPSA) is 73.6 Å². The number of carboxylic acid groups (broad SMARTS) is 1. The van der Waals surface area contributed by atoms with Crippen molar-refractivity contribution in [3.63, 3.8) is 0 Å². The average molecular weight is 234 g/mol. The summed E-state index contributed by atoms with van der Waals surface area (Å²) in [4.78, 5) is 12.7. The SMILES string of the molecule is COCC(C(=O)O)N(C)c1ccc(C#N)cc1. The molecule has 0 fully saturated rings. The van der Waals surface area contributed by atoms with E-state index in [1.165, 1.54) is 7.11 Å². The van der Waals surface area contributed by atoms with E-state index in [0.29, 0.717) is 5.56 Å². The van der Waals surface area contributed by atoms with E-state index in [2.05, 4.69) is 0 Å². The lowest BCUT2D eigenvalue weighted by atomic mass is 10.2. The molecule has 0 saturated heterocycles. The molecule has 1 unspecified atom stereocenters. The second-order valence-electron chi connectivity index (χ2n) is 3.58. The summed E-state index contributed by atoms with van der Waals surface area (Å²) >= 11 is 0. The molecule has 0 spiro atoms. The molecule has 1 atom stereocenters. The van der Waals surface area contributed by atoms with E-state index in [9.17, 15) is 4.79 Å². The number of anilines is 1. The first-order valence-corrected chi connectivity index (χ1v) is 5.05. The molecule has 90 valence electrons. The number of nitrogens with zero attached hydrogens (tertiary/aromatic N) is 2. The van der Waals surface area contributed by atoms with Crippen LogP contribution >= 0.6 is 0 Å². The van der Waals surface area contributed by atoms with Crippen LogP contribution in [0.2, 0.25) is 0 Å². The Hall–Kier alpha value is -2.06. The first-order chi connectivity index (χ1) is 8.10. The minimum Gasteiger partial charge on any atom is -0.480 e. The van der Waals surface area contributed by atoms with Gasteiger partial charge in [0.1, 0.15) is 0 Å². The Bertz CT molecular complexity index is 422. The average Bonchev–Trinajstić information content (AvgIpc) is 2.35. The highest BCUT2D eigenvalue weighted by Gasteiger charge is 2.22. The molecular formula is C12H14N2O3. The molecule has 0 aromatic heterocycles. The lowest BCUT2D eigenvalue weighted by Gasteiger charge is -2.26. The summed E-state index contributed by atoms with van der Waals surface area (Å²) in [5.74, 6) is -0.946. The predicted molar refractivity (Wildman–Crippen MR) is 62.9 cm³/mol. The fourth-order valence-electron chi connectivity index (χ4n) is 1.46. The van der Waals surface area contributed by atoms with Gasteiger partial charge in [0.25, 0.3) is 0 Å². The van der Waals surface area contributed by atoms with E-state index in [1.807, 2.05) is 6.07 Å². The van der Waals surface area contributed by atoms with Gasteiger partial charge in [0.15, 0.2) is 6.04 Å². The quantitative estimate of drug-likeness (QED) is 0.825. The third-order valence-corrected chi connectivity index (χ3v) is 2.48. The van der Waals surface area contributed by atoms with E-state index in [-0.39, 0.29) is 6.61 Å². The molecule has 0 aliphatic heterocycles. The van der Waals surface area contributed by atoms with Gasteiger partial charge in [-0.1, -0.05) is 0 Å². The molecule has 5 nitrogen and oxygen atoms in total. The van der Waals surface area contributed by atoms with Crippen molar-refractivity contribution in [2.24, 2.45) is 0 Å². The number of benzene rings is 1. The first-order valence-electron chi connectivity index (χ1n) is 5.05. The summed E-state index contributed by atoms with van der Waals surface area (Å²) in [5, 5.41) is 17.7. The van der Waals surface area contributed by atoms with Gasteiger partial charge in [0.05, 0.1) is 18.2 Å². The maximum Gasteiger partial charge on any atom is 0.328 e.